The molecule has 1 heterocycles. The van der Waals surface area contributed by atoms with Crippen molar-refractivity contribution in [2.75, 3.05) is 13.2 Å². The van der Waals surface area contributed by atoms with Crippen LogP contribution >= 0.6 is 0 Å². The molecule has 27 heavy (non-hydrogen) atoms. The van der Waals surface area contributed by atoms with Gasteiger partial charge in [0.1, 0.15) is 24.2 Å². The van der Waals surface area contributed by atoms with Gasteiger partial charge in [0.15, 0.2) is 11.5 Å². The summed E-state index contributed by atoms with van der Waals surface area (Å²) in [5, 5.41) is 2.90. The van der Waals surface area contributed by atoms with E-state index in [0.717, 1.165) is 5.75 Å². The number of benzene rings is 3. The minimum absolute atomic E-state index is 0.219. The lowest BCUT2D eigenvalue weighted by molar-refractivity contribution is 0.0788. The van der Waals surface area contributed by atoms with Crippen molar-refractivity contribution >= 4 is 5.91 Å². The molecule has 5 heteroatoms. The van der Waals surface area contributed by atoms with Crippen LogP contribution in [0.1, 0.15) is 10.4 Å². The SMILES string of the molecule is O=C(NCC1COc2ccccc2O1)c1ccccc1Oc1ccccc1. The highest BCUT2D eigenvalue weighted by Gasteiger charge is 2.22. The fraction of sp³-hybridized carbons (Fsp3) is 0.136. The molecular weight excluding hydrogens is 342 g/mol. The Morgan fingerprint density at radius 3 is 2.48 bits per heavy atom. The Bertz CT molecular complexity index is 926. The molecule has 0 bridgehead atoms. The molecular formula is C22H19NO4. The Balaban J connectivity index is 1.40. The van der Waals surface area contributed by atoms with Crippen LogP contribution in [0.3, 0.4) is 0 Å². The number of fused-ring (bicyclic) bond motifs is 1. The van der Waals surface area contributed by atoms with Crippen LogP contribution in [0, 0.1) is 0 Å². The topological polar surface area (TPSA) is 56.8 Å². The van der Waals surface area contributed by atoms with Gasteiger partial charge in [0.2, 0.25) is 0 Å². The maximum absolute atomic E-state index is 12.7. The van der Waals surface area contributed by atoms with Gasteiger partial charge in [-0.1, -0.05) is 42.5 Å². The van der Waals surface area contributed by atoms with Gasteiger partial charge in [0.25, 0.3) is 5.91 Å². The van der Waals surface area contributed by atoms with Crippen LogP contribution in [0.5, 0.6) is 23.0 Å². The molecule has 1 unspecified atom stereocenters. The Kier molecular flexibility index (Phi) is 4.92. The third-order valence-electron chi connectivity index (χ3n) is 4.16. The summed E-state index contributed by atoms with van der Waals surface area (Å²) >= 11 is 0. The number of carbonyl (C=O) groups is 1. The van der Waals surface area contributed by atoms with Crippen LogP contribution in [0.2, 0.25) is 0 Å². The molecule has 0 fully saturated rings. The van der Waals surface area contributed by atoms with Gasteiger partial charge in [-0.2, -0.15) is 0 Å². The standard InChI is InChI=1S/C22H19NO4/c24-22(23-14-17-15-25-20-12-6-7-13-21(20)27-17)18-10-4-5-11-19(18)26-16-8-2-1-3-9-16/h1-13,17H,14-15H2,(H,23,24). The molecule has 0 spiro atoms. The Hall–Kier alpha value is -3.47. The molecule has 1 aliphatic heterocycles. The first-order valence-corrected chi connectivity index (χ1v) is 8.78. The highest BCUT2D eigenvalue weighted by atomic mass is 16.6. The van der Waals surface area contributed by atoms with Crippen LogP contribution in [0.25, 0.3) is 0 Å². The number of rotatable bonds is 5. The average molecular weight is 361 g/mol. The number of carbonyl (C=O) groups excluding carboxylic acids is 1. The second-order valence-electron chi connectivity index (χ2n) is 6.12. The average Bonchev–Trinajstić information content (AvgIpc) is 2.73. The van der Waals surface area contributed by atoms with Crippen LogP contribution in [-0.2, 0) is 0 Å². The highest BCUT2D eigenvalue weighted by Crippen LogP contribution is 2.30. The van der Waals surface area contributed by atoms with Crippen LogP contribution < -0.4 is 19.5 Å². The molecule has 1 aliphatic rings. The molecule has 0 aromatic heterocycles. The quantitative estimate of drug-likeness (QED) is 0.745. The molecule has 0 aliphatic carbocycles. The predicted molar refractivity (Wildman–Crippen MR) is 102 cm³/mol. The molecule has 1 N–H and O–H groups in total. The smallest absolute Gasteiger partial charge is 0.255 e. The summed E-state index contributed by atoms with van der Waals surface area (Å²) in [6.45, 7) is 0.728. The molecule has 0 saturated heterocycles. The summed E-state index contributed by atoms with van der Waals surface area (Å²) in [5.41, 5.74) is 0.471. The summed E-state index contributed by atoms with van der Waals surface area (Å²) in [6.07, 6.45) is -0.244. The zero-order valence-corrected chi connectivity index (χ0v) is 14.6. The molecule has 5 nitrogen and oxygen atoms in total. The van der Waals surface area contributed by atoms with Crippen molar-refractivity contribution in [1.29, 1.82) is 0 Å². The summed E-state index contributed by atoms with van der Waals surface area (Å²) in [5.74, 6) is 2.38. The van der Waals surface area contributed by atoms with Gasteiger partial charge >= 0.3 is 0 Å². The van der Waals surface area contributed by atoms with Crippen LogP contribution in [0.15, 0.2) is 78.9 Å². The van der Waals surface area contributed by atoms with E-state index < -0.39 is 0 Å². The van der Waals surface area contributed by atoms with E-state index in [2.05, 4.69) is 5.32 Å². The van der Waals surface area contributed by atoms with Gasteiger partial charge in [-0.15, -0.1) is 0 Å². The molecule has 1 amide bonds. The van der Waals surface area contributed by atoms with E-state index in [1.54, 1.807) is 12.1 Å². The van der Waals surface area contributed by atoms with Gasteiger partial charge in [-0.25, -0.2) is 0 Å². The van der Waals surface area contributed by atoms with E-state index in [-0.39, 0.29) is 12.0 Å². The second-order valence-corrected chi connectivity index (χ2v) is 6.12. The van der Waals surface area contributed by atoms with Crippen molar-refractivity contribution in [3.8, 4) is 23.0 Å². The minimum Gasteiger partial charge on any atom is -0.486 e. The van der Waals surface area contributed by atoms with E-state index in [1.165, 1.54) is 0 Å². The lowest BCUT2D eigenvalue weighted by Gasteiger charge is -2.26. The first kappa shape index (κ1) is 17.0. The summed E-state index contributed by atoms with van der Waals surface area (Å²) in [7, 11) is 0. The molecule has 1 atom stereocenters. The molecule has 3 aromatic rings. The number of para-hydroxylation sites is 4. The minimum atomic E-state index is -0.244. The molecule has 3 aromatic carbocycles. The first-order chi connectivity index (χ1) is 13.3. The lowest BCUT2D eigenvalue weighted by Crippen LogP contribution is -2.40. The molecule has 0 saturated carbocycles. The van der Waals surface area contributed by atoms with Crippen molar-refractivity contribution in [2.45, 2.75) is 6.10 Å². The van der Waals surface area contributed by atoms with Crippen molar-refractivity contribution in [3.63, 3.8) is 0 Å². The van der Waals surface area contributed by atoms with Crippen molar-refractivity contribution < 1.29 is 19.0 Å². The van der Waals surface area contributed by atoms with Crippen molar-refractivity contribution in [2.24, 2.45) is 0 Å². The van der Waals surface area contributed by atoms with Gasteiger partial charge in [-0.05, 0) is 36.4 Å². The van der Waals surface area contributed by atoms with E-state index in [4.69, 9.17) is 14.2 Å². The van der Waals surface area contributed by atoms with E-state index >= 15 is 0 Å². The van der Waals surface area contributed by atoms with Crippen LogP contribution in [0.4, 0.5) is 0 Å². The lowest BCUT2D eigenvalue weighted by atomic mass is 10.2. The van der Waals surface area contributed by atoms with Gasteiger partial charge in [0.05, 0.1) is 12.1 Å². The zero-order chi connectivity index (χ0) is 18.5. The summed E-state index contributed by atoms with van der Waals surface area (Å²) in [4.78, 5) is 12.7. The van der Waals surface area contributed by atoms with E-state index in [1.807, 2.05) is 66.7 Å². The van der Waals surface area contributed by atoms with Crippen molar-refractivity contribution in [3.05, 3.63) is 84.4 Å². The number of nitrogens with one attached hydrogen (secondary N) is 1. The number of hydrogen-bond donors (Lipinski definition) is 1. The second kappa shape index (κ2) is 7.83. The monoisotopic (exact) mass is 361 g/mol. The molecule has 0 radical (unpaired) electrons. The summed E-state index contributed by atoms with van der Waals surface area (Å²) in [6, 6.07) is 24.0. The zero-order valence-electron chi connectivity index (χ0n) is 14.6. The third kappa shape index (κ3) is 4.03. The maximum atomic E-state index is 12.7. The van der Waals surface area contributed by atoms with Crippen molar-refractivity contribution in [1.82, 2.24) is 5.32 Å². The highest BCUT2D eigenvalue weighted by molar-refractivity contribution is 5.97. The van der Waals surface area contributed by atoms with Gasteiger partial charge < -0.3 is 19.5 Å². The Labute approximate surface area is 157 Å². The number of hydrogen-bond acceptors (Lipinski definition) is 4. The van der Waals surface area contributed by atoms with Crippen LogP contribution in [-0.4, -0.2) is 25.2 Å². The summed E-state index contributed by atoms with van der Waals surface area (Å²) < 4.78 is 17.4. The normalized spacial score (nSPS) is 15.0. The predicted octanol–water partition coefficient (Wildman–Crippen LogP) is 4.05. The number of ether oxygens (including phenoxy) is 3. The molecule has 4 rings (SSSR count). The Morgan fingerprint density at radius 1 is 0.926 bits per heavy atom. The number of amides is 1. The fourth-order valence-corrected chi connectivity index (χ4v) is 2.82. The van der Waals surface area contributed by atoms with E-state index in [9.17, 15) is 4.79 Å². The Morgan fingerprint density at radius 2 is 1.63 bits per heavy atom. The maximum Gasteiger partial charge on any atom is 0.255 e. The fourth-order valence-electron chi connectivity index (χ4n) is 2.82. The first-order valence-electron chi connectivity index (χ1n) is 8.78. The molecule has 136 valence electrons. The van der Waals surface area contributed by atoms with Gasteiger partial charge in [0, 0.05) is 0 Å². The third-order valence-corrected chi connectivity index (χ3v) is 4.16. The van der Waals surface area contributed by atoms with Gasteiger partial charge in [-0.3, -0.25) is 4.79 Å². The van der Waals surface area contributed by atoms with E-state index in [0.29, 0.717) is 36.0 Å². The largest absolute Gasteiger partial charge is 0.486 e.